The standard InChI is InChI=1S/C6H8Br2O/c1-2-3-5(9)4-6(7)8/h2,4-5,9H,1,3H2/t5-/m1/s1. The first-order valence-corrected chi connectivity index (χ1v) is 4.07. The summed E-state index contributed by atoms with van der Waals surface area (Å²) in [5.41, 5.74) is 0. The molecule has 0 heterocycles. The molecule has 0 aromatic rings. The van der Waals surface area contributed by atoms with Crippen molar-refractivity contribution in [1.82, 2.24) is 0 Å². The number of aliphatic hydroxyl groups is 1. The Bertz CT molecular complexity index is 116. The predicted molar refractivity (Wildman–Crippen MR) is 46.8 cm³/mol. The maximum Gasteiger partial charge on any atom is 0.0774 e. The second-order valence-corrected chi connectivity index (χ2v) is 4.32. The van der Waals surface area contributed by atoms with Gasteiger partial charge in [0, 0.05) is 0 Å². The molecule has 0 unspecified atom stereocenters. The lowest BCUT2D eigenvalue weighted by atomic mass is 10.2. The van der Waals surface area contributed by atoms with Crippen molar-refractivity contribution in [1.29, 1.82) is 0 Å². The van der Waals surface area contributed by atoms with Crippen LogP contribution in [0.4, 0.5) is 0 Å². The average Bonchev–Trinajstić information content (AvgIpc) is 1.63. The van der Waals surface area contributed by atoms with Crippen LogP contribution in [0.15, 0.2) is 22.1 Å². The third-order valence-electron chi connectivity index (χ3n) is 0.727. The first kappa shape index (κ1) is 9.40. The Hall–Kier alpha value is 0.400. The van der Waals surface area contributed by atoms with Gasteiger partial charge in [-0.3, -0.25) is 0 Å². The number of hydrogen-bond donors (Lipinski definition) is 1. The molecule has 0 rings (SSSR count). The van der Waals surface area contributed by atoms with Gasteiger partial charge in [0.1, 0.15) is 0 Å². The molecule has 0 saturated heterocycles. The van der Waals surface area contributed by atoms with Crippen LogP contribution in [0.3, 0.4) is 0 Å². The molecular formula is C6H8Br2O. The van der Waals surface area contributed by atoms with E-state index in [2.05, 4.69) is 38.4 Å². The van der Waals surface area contributed by atoms with Crippen LogP contribution in [0.1, 0.15) is 6.42 Å². The maximum atomic E-state index is 9.01. The van der Waals surface area contributed by atoms with Gasteiger partial charge in [-0.1, -0.05) is 6.08 Å². The predicted octanol–water partition coefficient (Wildman–Crippen LogP) is 2.55. The van der Waals surface area contributed by atoms with E-state index in [-0.39, 0.29) is 0 Å². The highest BCUT2D eigenvalue weighted by Gasteiger charge is 1.95. The fraction of sp³-hybridized carbons (Fsp3) is 0.333. The number of rotatable bonds is 3. The van der Waals surface area contributed by atoms with Gasteiger partial charge < -0.3 is 5.11 Å². The molecule has 0 saturated carbocycles. The third-order valence-corrected chi connectivity index (χ3v) is 1.26. The van der Waals surface area contributed by atoms with Crippen molar-refractivity contribution in [3.8, 4) is 0 Å². The van der Waals surface area contributed by atoms with Gasteiger partial charge in [0.05, 0.1) is 9.50 Å². The van der Waals surface area contributed by atoms with E-state index >= 15 is 0 Å². The van der Waals surface area contributed by atoms with E-state index in [1.165, 1.54) is 0 Å². The second kappa shape index (κ2) is 5.21. The fourth-order valence-electron chi connectivity index (χ4n) is 0.384. The van der Waals surface area contributed by atoms with E-state index < -0.39 is 6.10 Å². The molecule has 0 aliphatic rings. The molecule has 0 aliphatic heterocycles. The summed E-state index contributed by atoms with van der Waals surface area (Å²) in [6.07, 6.45) is 3.48. The molecule has 9 heavy (non-hydrogen) atoms. The van der Waals surface area contributed by atoms with Gasteiger partial charge in [0.15, 0.2) is 0 Å². The minimum atomic E-state index is -0.434. The highest BCUT2D eigenvalue weighted by molar-refractivity contribution is 9.28. The summed E-state index contributed by atoms with van der Waals surface area (Å²) in [4.78, 5) is 0. The molecule has 0 spiro atoms. The topological polar surface area (TPSA) is 20.2 Å². The Morgan fingerprint density at radius 1 is 1.67 bits per heavy atom. The summed E-state index contributed by atoms with van der Waals surface area (Å²) in [6, 6.07) is 0. The Balaban J connectivity index is 3.61. The van der Waals surface area contributed by atoms with Crippen LogP contribution < -0.4 is 0 Å². The van der Waals surface area contributed by atoms with E-state index in [0.29, 0.717) is 6.42 Å². The van der Waals surface area contributed by atoms with Crippen molar-refractivity contribution in [2.75, 3.05) is 0 Å². The minimum Gasteiger partial charge on any atom is -0.389 e. The van der Waals surface area contributed by atoms with E-state index in [1.807, 2.05) is 0 Å². The Morgan fingerprint density at radius 2 is 2.22 bits per heavy atom. The summed E-state index contributed by atoms with van der Waals surface area (Å²) in [6.45, 7) is 3.49. The van der Waals surface area contributed by atoms with Crippen LogP contribution >= 0.6 is 31.9 Å². The molecule has 0 fully saturated rings. The Labute approximate surface area is 71.7 Å². The largest absolute Gasteiger partial charge is 0.389 e. The van der Waals surface area contributed by atoms with Crippen LogP contribution in [-0.2, 0) is 0 Å². The quantitative estimate of drug-likeness (QED) is 0.769. The maximum absolute atomic E-state index is 9.01. The molecule has 52 valence electrons. The second-order valence-electron chi connectivity index (χ2n) is 1.55. The van der Waals surface area contributed by atoms with Crippen molar-refractivity contribution < 1.29 is 5.11 Å². The van der Waals surface area contributed by atoms with Gasteiger partial charge in [-0.15, -0.1) is 6.58 Å². The zero-order valence-electron chi connectivity index (χ0n) is 4.85. The zero-order valence-corrected chi connectivity index (χ0v) is 8.02. The molecule has 1 N–H and O–H groups in total. The van der Waals surface area contributed by atoms with Crippen molar-refractivity contribution in [2.24, 2.45) is 0 Å². The monoisotopic (exact) mass is 254 g/mol. The highest BCUT2D eigenvalue weighted by Crippen LogP contribution is 2.14. The summed E-state index contributed by atoms with van der Waals surface area (Å²) in [5.74, 6) is 0. The molecule has 0 aromatic heterocycles. The van der Waals surface area contributed by atoms with Crippen molar-refractivity contribution >= 4 is 31.9 Å². The average molecular weight is 256 g/mol. The smallest absolute Gasteiger partial charge is 0.0774 e. The van der Waals surface area contributed by atoms with E-state index in [9.17, 15) is 0 Å². The SMILES string of the molecule is C=CC[C@@H](O)C=C(Br)Br. The molecule has 1 atom stereocenters. The van der Waals surface area contributed by atoms with Gasteiger partial charge >= 0.3 is 0 Å². The molecule has 0 aliphatic carbocycles. The highest BCUT2D eigenvalue weighted by atomic mass is 79.9. The lowest BCUT2D eigenvalue weighted by Crippen LogP contribution is -1.98. The summed E-state index contributed by atoms with van der Waals surface area (Å²) >= 11 is 6.26. The van der Waals surface area contributed by atoms with Crippen molar-refractivity contribution in [3.63, 3.8) is 0 Å². The molecular weight excluding hydrogens is 248 g/mol. The Kier molecular flexibility index (Phi) is 5.44. The summed E-state index contributed by atoms with van der Waals surface area (Å²) in [5, 5.41) is 9.01. The molecule has 3 heteroatoms. The number of hydrogen-bond acceptors (Lipinski definition) is 1. The van der Waals surface area contributed by atoms with Gasteiger partial charge in [-0.05, 0) is 44.4 Å². The summed E-state index contributed by atoms with van der Waals surface area (Å²) in [7, 11) is 0. The minimum absolute atomic E-state index is 0.434. The normalized spacial score (nSPS) is 12.3. The summed E-state index contributed by atoms with van der Waals surface area (Å²) < 4.78 is 0.768. The van der Waals surface area contributed by atoms with Crippen LogP contribution in [0.5, 0.6) is 0 Å². The van der Waals surface area contributed by atoms with Gasteiger partial charge in [0.25, 0.3) is 0 Å². The van der Waals surface area contributed by atoms with Gasteiger partial charge in [-0.2, -0.15) is 0 Å². The fourth-order valence-corrected chi connectivity index (χ4v) is 0.994. The van der Waals surface area contributed by atoms with Crippen LogP contribution in [0.25, 0.3) is 0 Å². The molecule has 1 nitrogen and oxygen atoms in total. The molecule has 0 amide bonds. The lowest BCUT2D eigenvalue weighted by Gasteiger charge is -1.98. The molecule has 0 aromatic carbocycles. The van der Waals surface area contributed by atoms with E-state index in [4.69, 9.17) is 5.11 Å². The van der Waals surface area contributed by atoms with E-state index in [0.717, 1.165) is 3.39 Å². The third kappa shape index (κ3) is 6.28. The van der Waals surface area contributed by atoms with Crippen LogP contribution in [-0.4, -0.2) is 11.2 Å². The zero-order chi connectivity index (χ0) is 7.28. The molecule has 0 radical (unpaired) electrons. The van der Waals surface area contributed by atoms with E-state index in [1.54, 1.807) is 12.2 Å². The molecule has 0 bridgehead atoms. The first-order chi connectivity index (χ1) is 4.16. The lowest BCUT2D eigenvalue weighted by molar-refractivity contribution is 0.227. The van der Waals surface area contributed by atoms with Crippen molar-refractivity contribution in [2.45, 2.75) is 12.5 Å². The van der Waals surface area contributed by atoms with Crippen molar-refractivity contribution in [3.05, 3.63) is 22.1 Å². The number of aliphatic hydroxyl groups excluding tert-OH is 1. The Morgan fingerprint density at radius 3 is 2.56 bits per heavy atom. The van der Waals surface area contributed by atoms with Crippen LogP contribution in [0.2, 0.25) is 0 Å². The number of halogens is 2. The van der Waals surface area contributed by atoms with Crippen LogP contribution in [0, 0.1) is 0 Å². The van der Waals surface area contributed by atoms with Gasteiger partial charge in [-0.25, -0.2) is 0 Å². The van der Waals surface area contributed by atoms with Gasteiger partial charge in [0.2, 0.25) is 0 Å². The first-order valence-electron chi connectivity index (χ1n) is 2.48.